The molecule has 0 saturated heterocycles. The molecule has 0 unspecified atom stereocenters. The average molecular weight is 243 g/mol. The molecule has 1 heterocycles. The first-order valence-electron chi connectivity index (χ1n) is 4.79. The average Bonchev–Trinajstić information content (AvgIpc) is 3.05. The zero-order valence-electron chi connectivity index (χ0n) is 8.66. The molecular weight excluding hydrogens is 232 g/mol. The molecule has 1 aromatic heterocycles. The van der Waals surface area contributed by atoms with Crippen molar-refractivity contribution in [3.63, 3.8) is 0 Å². The van der Waals surface area contributed by atoms with Crippen molar-refractivity contribution in [2.24, 2.45) is 0 Å². The van der Waals surface area contributed by atoms with E-state index in [0.29, 0.717) is 11.9 Å². The SMILES string of the molecule is COC(=O)c1nc(Cl)c(NC2CC2)nc1N. The molecule has 7 heteroatoms. The number of nitrogens with zero attached hydrogens (tertiary/aromatic N) is 2. The predicted molar refractivity (Wildman–Crippen MR) is 59.4 cm³/mol. The van der Waals surface area contributed by atoms with E-state index in [9.17, 15) is 4.79 Å². The second-order valence-electron chi connectivity index (χ2n) is 3.51. The van der Waals surface area contributed by atoms with Crippen molar-refractivity contribution in [2.45, 2.75) is 18.9 Å². The van der Waals surface area contributed by atoms with Gasteiger partial charge in [0.15, 0.2) is 22.5 Å². The van der Waals surface area contributed by atoms with E-state index in [2.05, 4.69) is 20.0 Å². The van der Waals surface area contributed by atoms with E-state index < -0.39 is 5.97 Å². The van der Waals surface area contributed by atoms with Crippen LogP contribution in [0.4, 0.5) is 11.6 Å². The first-order valence-corrected chi connectivity index (χ1v) is 5.17. The molecule has 1 aliphatic rings. The Kier molecular flexibility index (Phi) is 2.82. The van der Waals surface area contributed by atoms with E-state index in [1.165, 1.54) is 7.11 Å². The molecule has 0 spiro atoms. The van der Waals surface area contributed by atoms with Gasteiger partial charge in [0.1, 0.15) is 0 Å². The number of hydrogen-bond donors (Lipinski definition) is 2. The number of halogens is 1. The molecule has 1 fully saturated rings. The summed E-state index contributed by atoms with van der Waals surface area (Å²) in [6.07, 6.45) is 2.16. The molecule has 0 bridgehead atoms. The van der Waals surface area contributed by atoms with Gasteiger partial charge in [0.05, 0.1) is 7.11 Å². The van der Waals surface area contributed by atoms with Crippen molar-refractivity contribution in [1.29, 1.82) is 0 Å². The van der Waals surface area contributed by atoms with Gasteiger partial charge in [-0.15, -0.1) is 0 Å². The van der Waals surface area contributed by atoms with Crippen LogP contribution < -0.4 is 11.1 Å². The van der Waals surface area contributed by atoms with E-state index in [1.807, 2.05) is 0 Å². The summed E-state index contributed by atoms with van der Waals surface area (Å²) in [5.74, 6) is -0.224. The molecule has 0 atom stereocenters. The molecule has 0 amide bonds. The summed E-state index contributed by atoms with van der Waals surface area (Å²) < 4.78 is 4.50. The number of carbonyl (C=O) groups excluding carboxylic acids is 1. The summed E-state index contributed by atoms with van der Waals surface area (Å²) >= 11 is 5.87. The lowest BCUT2D eigenvalue weighted by Crippen LogP contribution is -2.13. The Bertz CT molecular complexity index is 434. The Morgan fingerprint density at radius 3 is 2.81 bits per heavy atom. The molecular formula is C9H11ClN4O2. The minimum atomic E-state index is -0.648. The van der Waals surface area contributed by atoms with Crippen LogP contribution in [-0.4, -0.2) is 29.1 Å². The fourth-order valence-electron chi connectivity index (χ4n) is 1.19. The number of nitrogens with one attached hydrogen (secondary N) is 1. The molecule has 6 nitrogen and oxygen atoms in total. The Morgan fingerprint density at radius 1 is 1.56 bits per heavy atom. The van der Waals surface area contributed by atoms with E-state index >= 15 is 0 Å². The van der Waals surface area contributed by atoms with Gasteiger partial charge in [-0.05, 0) is 12.8 Å². The van der Waals surface area contributed by atoms with Crippen molar-refractivity contribution < 1.29 is 9.53 Å². The molecule has 3 N–H and O–H groups in total. The van der Waals surface area contributed by atoms with Gasteiger partial charge in [-0.1, -0.05) is 11.6 Å². The Morgan fingerprint density at radius 2 is 2.25 bits per heavy atom. The number of esters is 1. The van der Waals surface area contributed by atoms with Crippen molar-refractivity contribution in [2.75, 3.05) is 18.2 Å². The standard InChI is InChI=1S/C9H11ClN4O2/c1-16-9(15)5-7(11)14-8(6(10)13-5)12-4-2-3-4/h4H,2-3H2,1H3,(H3,11,12,14). The van der Waals surface area contributed by atoms with Crippen LogP contribution in [0.2, 0.25) is 5.15 Å². The third-order valence-electron chi connectivity index (χ3n) is 2.18. The number of nitrogen functional groups attached to an aromatic ring is 1. The van der Waals surface area contributed by atoms with Crippen molar-refractivity contribution in [3.05, 3.63) is 10.8 Å². The first-order chi connectivity index (χ1) is 7.61. The van der Waals surface area contributed by atoms with Gasteiger partial charge in [-0.2, -0.15) is 0 Å². The minimum Gasteiger partial charge on any atom is -0.464 e. The largest absolute Gasteiger partial charge is 0.464 e. The van der Waals surface area contributed by atoms with E-state index in [0.717, 1.165) is 12.8 Å². The Balaban J connectivity index is 2.29. The maximum Gasteiger partial charge on any atom is 0.360 e. The molecule has 1 aliphatic carbocycles. The maximum atomic E-state index is 11.2. The highest BCUT2D eigenvalue weighted by Crippen LogP contribution is 2.28. The summed E-state index contributed by atoms with van der Waals surface area (Å²) in [5, 5.41) is 3.20. The van der Waals surface area contributed by atoms with Crippen LogP contribution in [0.15, 0.2) is 0 Å². The number of aromatic nitrogens is 2. The van der Waals surface area contributed by atoms with Crippen LogP contribution >= 0.6 is 11.6 Å². The second kappa shape index (κ2) is 4.13. The van der Waals surface area contributed by atoms with Crippen molar-refractivity contribution in [3.8, 4) is 0 Å². The van der Waals surface area contributed by atoms with Crippen LogP contribution in [0.5, 0.6) is 0 Å². The summed E-state index contributed by atoms with van der Waals surface area (Å²) in [6, 6.07) is 0.384. The Hall–Kier alpha value is -1.56. The fraction of sp³-hybridized carbons (Fsp3) is 0.444. The molecule has 1 aromatic rings. The third-order valence-corrected chi connectivity index (χ3v) is 2.44. The van der Waals surface area contributed by atoms with Gasteiger partial charge in [-0.3, -0.25) is 0 Å². The monoisotopic (exact) mass is 242 g/mol. The molecule has 1 saturated carbocycles. The van der Waals surface area contributed by atoms with Crippen LogP contribution in [0.1, 0.15) is 23.3 Å². The number of rotatable bonds is 3. The van der Waals surface area contributed by atoms with Crippen LogP contribution in [0, 0.1) is 0 Å². The summed E-state index contributed by atoms with van der Waals surface area (Å²) in [7, 11) is 1.24. The lowest BCUT2D eigenvalue weighted by Gasteiger charge is -2.08. The lowest BCUT2D eigenvalue weighted by atomic mass is 10.4. The van der Waals surface area contributed by atoms with Crippen LogP contribution in [0.3, 0.4) is 0 Å². The highest BCUT2D eigenvalue weighted by Gasteiger charge is 2.24. The fourth-order valence-corrected chi connectivity index (χ4v) is 1.37. The quantitative estimate of drug-likeness (QED) is 0.771. The van der Waals surface area contributed by atoms with Gasteiger partial charge >= 0.3 is 5.97 Å². The zero-order valence-corrected chi connectivity index (χ0v) is 9.41. The normalized spacial score (nSPS) is 14.6. The van der Waals surface area contributed by atoms with Crippen molar-refractivity contribution >= 4 is 29.2 Å². The van der Waals surface area contributed by atoms with Crippen LogP contribution in [-0.2, 0) is 4.74 Å². The van der Waals surface area contributed by atoms with Gasteiger partial charge < -0.3 is 15.8 Å². The summed E-state index contributed by atoms with van der Waals surface area (Å²) in [6.45, 7) is 0. The highest BCUT2D eigenvalue weighted by atomic mass is 35.5. The highest BCUT2D eigenvalue weighted by molar-refractivity contribution is 6.32. The van der Waals surface area contributed by atoms with E-state index in [4.69, 9.17) is 17.3 Å². The number of carbonyl (C=O) groups is 1. The minimum absolute atomic E-state index is 0.0133. The Labute approximate surface area is 97.2 Å². The number of hydrogen-bond acceptors (Lipinski definition) is 6. The molecule has 2 rings (SSSR count). The smallest absolute Gasteiger partial charge is 0.360 e. The summed E-state index contributed by atoms with van der Waals surface area (Å²) in [5.41, 5.74) is 5.53. The molecule has 86 valence electrons. The molecule has 16 heavy (non-hydrogen) atoms. The molecule has 0 aromatic carbocycles. The third kappa shape index (κ3) is 2.16. The first kappa shape index (κ1) is 10.9. The molecule has 0 radical (unpaired) electrons. The van der Waals surface area contributed by atoms with Crippen LogP contribution in [0.25, 0.3) is 0 Å². The number of ether oxygens (including phenoxy) is 1. The maximum absolute atomic E-state index is 11.2. The van der Waals surface area contributed by atoms with Gasteiger partial charge in [0, 0.05) is 6.04 Å². The van der Waals surface area contributed by atoms with Gasteiger partial charge in [0.25, 0.3) is 0 Å². The van der Waals surface area contributed by atoms with E-state index in [1.54, 1.807) is 0 Å². The second-order valence-corrected chi connectivity index (χ2v) is 3.87. The van der Waals surface area contributed by atoms with E-state index in [-0.39, 0.29) is 16.7 Å². The number of anilines is 2. The van der Waals surface area contributed by atoms with Crippen molar-refractivity contribution in [1.82, 2.24) is 9.97 Å². The summed E-state index contributed by atoms with van der Waals surface area (Å²) in [4.78, 5) is 19.1. The molecule has 0 aliphatic heterocycles. The van der Waals surface area contributed by atoms with Gasteiger partial charge in [-0.25, -0.2) is 14.8 Å². The predicted octanol–water partition coefficient (Wildman–Crippen LogP) is 1.07. The zero-order chi connectivity index (χ0) is 11.7. The van der Waals surface area contributed by atoms with Gasteiger partial charge in [0.2, 0.25) is 0 Å². The topological polar surface area (TPSA) is 90.1 Å². The number of nitrogens with two attached hydrogens (primary N) is 1. The number of methoxy groups -OCH3 is 1. The lowest BCUT2D eigenvalue weighted by molar-refractivity contribution is 0.0595.